The van der Waals surface area contributed by atoms with Crippen molar-refractivity contribution < 1.29 is 9.53 Å². The van der Waals surface area contributed by atoms with E-state index in [0.29, 0.717) is 30.8 Å². The number of hydrogen-bond donors (Lipinski definition) is 0. The first-order chi connectivity index (χ1) is 16.5. The van der Waals surface area contributed by atoms with E-state index >= 15 is 0 Å². The molecule has 2 aromatic carbocycles. The number of ether oxygens (including phenoxy) is 1. The van der Waals surface area contributed by atoms with Crippen molar-refractivity contribution in [2.75, 3.05) is 6.61 Å². The van der Waals surface area contributed by atoms with Crippen LogP contribution in [-0.2, 0) is 18.3 Å². The van der Waals surface area contributed by atoms with Crippen molar-refractivity contribution in [1.29, 1.82) is 0 Å². The lowest BCUT2D eigenvalue weighted by atomic mass is 9.71. The smallest absolute Gasteiger partial charge is 0.374 e. The maximum Gasteiger partial charge on any atom is 0.374 e. The van der Waals surface area contributed by atoms with E-state index in [1.54, 1.807) is 0 Å². The number of nitrogens with zero attached hydrogens (tertiary/aromatic N) is 4. The maximum absolute atomic E-state index is 13.0. The first-order valence-corrected chi connectivity index (χ1v) is 12.3. The number of aryl methyl sites for hydroxylation is 2. The van der Waals surface area contributed by atoms with Crippen LogP contribution >= 0.6 is 0 Å². The van der Waals surface area contributed by atoms with E-state index in [1.807, 2.05) is 44.6 Å². The van der Waals surface area contributed by atoms with E-state index in [-0.39, 0.29) is 5.97 Å². The Bertz CT molecular complexity index is 1370. The molecule has 0 amide bonds. The van der Waals surface area contributed by atoms with Crippen LogP contribution in [0.5, 0.6) is 0 Å². The summed E-state index contributed by atoms with van der Waals surface area (Å²) in [6, 6.07) is 14.9. The normalized spacial score (nSPS) is 17.7. The van der Waals surface area contributed by atoms with Crippen molar-refractivity contribution in [1.82, 2.24) is 19.3 Å². The predicted molar refractivity (Wildman–Crippen MR) is 134 cm³/mol. The largest absolute Gasteiger partial charge is 0.460 e. The summed E-state index contributed by atoms with van der Waals surface area (Å²) in [5.41, 5.74) is 7.85. The van der Waals surface area contributed by atoms with Gasteiger partial charge in [-0.15, -0.1) is 0 Å². The molecule has 3 aliphatic rings. The van der Waals surface area contributed by atoms with Crippen molar-refractivity contribution >= 4 is 16.9 Å². The molecule has 1 fully saturated rings. The fourth-order valence-corrected chi connectivity index (χ4v) is 5.47. The summed E-state index contributed by atoms with van der Waals surface area (Å²) in [7, 11) is 1.96. The highest BCUT2D eigenvalue weighted by Gasteiger charge is 2.42. The lowest BCUT2D eigenvalue weighted by molar-refractivity contribution is 0.0506. The van der Waals surface area contributed by atoms with Crippen LogP contribution in [-0.4, -0.2) is 31.9 Å². The van der Waals surface area contributed by atoms with E-state index in [1.165, 1.54) is 16.7 Å². The number of imidazole rings is 1. The maximum atomic E-state index is 13.0. The summed E-state index contributed by atoms with van der Waals surface area (Å²) in [5, 5.41) is 5.90. The van der Waals surface area contributed by atoms with Crippen LogP contribution in [0.1, 0.15) is 78.6 Å². The number of para-hydroxylation sites is 1. The molecule has 0 N–H and O–H groups in total. The second-order valence-corrected chi connectivity index (χ2v) is 9.02. The average Bonchev–Trinajstić information content (AvgIpc) is 3.26. The Hall–Kier alpha value is -3.41. The molecule has 1 saturated carbocycles. The van der Waals surface area contributed by atoms with E-state index in [0.717, 1.165) is 40.8 Å². The number of carbonyl (C=O) groups is 1. The molecule has 6 nitrogen and oxygen atoms in total. The molecule has 2 aromatic heterocycles. The van der Waals surface area contributed by atoms with Crippen molar-refractivity contribution in [2.24, 2.45) is 7.05 Å². The first kappa shape index (κ1) is 22.4. The van der Waals surface area contributed by atoms with Crippen molar-refractivity contribution in [3.63, 3.8) is 0 Å². The minimum absolute atomic E-state index is 0.323. The number of hydrogen-bond acceptors (Lipinski definition) is 4. The van der Waals surface area contributed by atoms with Gasteiger partial charge >= 0.3 is 5.97 Å². The predicted octanol–water partition coefficient (Wildman–Crippen LogP) is 5.97. The Morgan fingerprint density at radius 2 is 1.88 bits per heavy atom. The van der Waals surface area contributed by atoms with E-state index in [2.05, 4.69) is 41.8 Å². The third kappa shape index (κ3) is 3.44. The molecule has 0 atom stereocenters. The summed E-state index contributed by atoms with van der Waals surface area (Å²) < 4.78 is 9.41. The van der Waals surface area contributed by atoms with Crippen LogP contribution < -0.4 is 0 Å². The van der Waals surface area contributed by atoms with Crippen LogP contribution in [0, 0.1) is 6.92 Å². The molecule has 3 aliphatic carbocycles. The van der Waals surface area contributed by atoms with Gasteiger partial charge in [-0.05, 0) is 50.3 Å². The Morgan fingerprint density at radius 3 is 2.65 bits per heavy atom. The molecule has 0 saturated heterocycles. The van der Waals surface area contributed by atoms with Crippen LogP contribution in [0.15, 0.2) is 42.5 Å². The van der Waals surface area contributed by atoms with Crippen LogP contribution in [0.4, 0.5) is 0 Å². The van der Waals surface area contributed by atoms with Crippen molar-refractivity contribution in [3.05, 3.63) is 70.8 Å². The zero-order chi connectivity index (χ0) is 24.0. The second-order valence-electron chi connectivity index (χ2n) is 9.02. The summed E-state index contributed by atoms with van der Waals surface area (Å²) in [6.45, 7) is 8.76. The van der Waals surface area contributed by atoms with E-state index in [9.17, 15) is 4.79 Å². The third-order valence-corrected chi connectivity index (χ3v) is 7.04. The molecule has 176 valence electrons. The number of fused-ring (bicyclic) bond motifs is 1. The molecule has 2 heterocycles. The molecular weight excluding hydrogens is 424 g/mol. The molecular formula is C28H32N4O2. The standard InChI is InChI=1S/C26H26N4O2.C2H6/c1-4-32-26(31)25-27-23-20-11-15(2)9-10-18(20)16-12-17(13-16)24(23)30(25)14-21-19-7-5-6-8-22(19)29(3)28-21;1-2/h5-11,16-17H,4,12-14H2,1-3H3;1-2H3. The van der Waals surface area contributed by atoms with Gasteiger partial charge < -0.3 is 9.30 Å². The zero-order valence-corrected chi connectivity index (χ0v) is 20.6. The quantitative estimate of drug-likeness (QED) is 0.355. The number of esters is 1. The van der Waals surface area contributed by atoms with E-state index < -0.39 is 0 Å². The minimum atomic E-state index is -0.370. The summed E-state index contributed by atoms with van der Waals surface area (Å²) in [4.78, 5) is 17.9. The Morgan fingerprint density at radius 1 is 1.12 bits per heavy atom. The molecule has 4 aromatic rings. The van der Waals surface area contributed by atoms with Gasteiger partial charge in [0.15, 0.2) is 0 Å². The SMILES string of the molecule is CC.CCOC(=O)c1nc2c(n1Cc1nn(C)c3ccccc13)C1CC(C1)c1ccc(C)cc1-2. The van der Waals surface area contributed by atoms with Gasteiger partial charge in [0.2, 0.25) is 5.82 Å². The highest BCUT2D eigenvalue weighted by atomic mass is 16.5. The Balaban J connectivity index is 0.00000117. The molecule has 0 aliphatic heterocycles. The van der Waals surface area contributed by atoms with Crippen molar-refractivity contribution in [2.45, 2.75) is 58.9 Å². The number of carbonyl (C=O) groups excluding carboxylic acids is 1. The van der Waals surface area contributed by atoms with Gasteiger partial charge in [-0.25, -0.2) is 9.78 Å². The molecule has 0 radical (unpaired) electrons. The first-order valence-electron chi connectivity index (χ1n) is 12.3. The zero-order valence-electron chi connectivity index (χ0n) is 20.6. The fraction of sp³-hybridized carbons (Fsp3) is 0.393. The molecule has 0 spiro atoms. The van der Waals surface area contributed by atoms with Gasteiger partial charge in [0.1, 0.15) is 0 Å². The van der Waals surface area contributed by atoms with Gasteiger partial charge in [0.05, 0.1) is 30.1 Å². The molecule has 34 heavy (non-hydrogen) atoms. The number of aromatic nitrogens is 4. The summed E-state index contributed by atoms with van der Waals surface area (Å²) in [5.74, 6) is 0.976. The van der Waals surface area contributed by atoms with Gasteiger partial charge in [0.25, 0.3) is 0 Å². The monoisotopic (exact) mass is 456 g/mol. The fourth-order valence-electron chi connectivity index (χ4n) is 5.47. The lowest BCUT2D eigenvalue weighted by Gasteiger charge is -2.34. The third-order valence-electron chi connectivity index (χ3n) is 7.04. The van der Waals surface area contributed by atoms with Gasteiger partial charge in [0, 0.05) is 29.6 Å². The van der Waals surface area contributed by atoms with Gasteiger partial charge in [-0.3, -0.25) is 4.68 Å². The molecule has 0 unspecified atom stereocenters. The summed E-state index contributed by atoms with van der Waals surface area (Å²) in [6.07, 6.45) is 2.19. The minimum Gasteiger partial charge on any atom is -0.460 e. The number of benzene rings is 2. The Labute approximate surface area is 200 Å². The van der Waals surface area contributed by atoms with Crippen LogP contribution in [0.25, 0.3) is 22.2 Å². The highest BCUT2D eigenvalue weighted by Crippen LogP contribution is 2.55. The van der Waals surface area contributed by atoms with Crippen LogP contribution in [0.3, 0.4) is 0 Å². The topological polar surface area (TPSA) is 61.9 Å². The van der Waals surface area contributed by atoms with Gasteiger partial charge in [-0.2, -0.15) is 5.10 Å². The molecule has 6 heteroatoms. The van der Waals surface area contributed by atoms with Crippen LogP contribution in [0.2, 0.25) is 0 Å². The van der Waals surface area contributed by atoms with E-state index in [4.69, 9.17) is 14.8 Å². The highest BCUT2D eigenvalue weighted by molar-refractivity contribution is 5.88. The molecule has 7 rings (SSSR count). The molecule has 2 bridgehead atoms. The summed E-state index contributed by atoms with van der Waals surface area (Å²) >= 11 is 0. The Kier molecular flexibility index (Phi) is 5.76. The van der Waals surface area contributed by atoms with Crippen molar-refractivity contribution in [3.8, 4) is 11.3 Å². The number of rotatable bonds is 4. The van der Waals surface area contributed by atoms with Gasteiger partial charge in [-0.1, -0.05) is 49.7 Å². The lowest BCUT2D eigenvalue weighted by Crippen LogP contribution is -2.23. The average molecular weight is 457 g/mol. The second kappa shape index (κ2) is 8.75.